The number of thiocarbonyl (C=S) groups is 1. The molecule has 1 unspecified atom stereocenters. The molecule has 0 aromatic heterocycles. The van der Waals surface area contributed by atoms with E-state index in [9.17, 15) is 0 Å². The van der Waals surface area contributed by atoms with Crippen molar-refractivity contribution in [3.63, 3.8) is 0 Å². The summed E-state index contributed by atoms with van der Waals surface area (Å²) in [5.74, 6) is 0. The largest absolute Gasteiger partial charge is 0.391 e. The van der Waals surface area contributed by atoms with Crippen LogP contribution in [0.4, 0.5) is 0 Å². The van der Waals surface area contributed by atoms with Gasteiger partial charge in [-0.2, -0.15) is 0 Å². The van der Waals surface area contributed by atoms with Gasteiger partial charge >= 0.3 is 0 Å². The van der Waals surface area contributed by atoms with Gasteiger partial charge in [-0.1, -0.05) is 12.2 Å². The molecule has 1 atom stereocenters. The zero-order valence-corrected chi connectivity index (χ0v) is 9.39. The molecule has 0 aliphatic carbocycles. The van der Waals surface area contributed by atoms with E-state index in [2.05, 4.69) is 4.90 Å². The van der Waals surface area contributed by atoms with Crippen LogP contribution in [0.3, 0.4) is 0 Å². The average Bonchev–Trinajstić information content (AvgIpc) is 2.19. The number of morpholine rings is 1. The van der Waals surface area contributed by atoms with E-state index >= 15 is 0 Å². The summed E-state index contributed by atoms with van der Waals surface area (Å²) in [4.78, 5) is 2.72. The fraction of sp³-hybridized carbons (Fsp3) is 0.889. The normalized spacial score (nSPS) is 23.6. The average molecular weight is 218 g/mol. The first-order valence-electron chi connectivity index (χ1n) is 4.95. The Balaban J connectivity index is 2.22. The van der Waals surface area contributed by atoms with E-state index in [4.69, 9.17) is 27.4 Å². The van der Waals surface area contributed by atoms with Crippen LogP contribution in [-0.4, -0.2) is 55.4 Å². The van der Waals surface area contributed by atoms with E-state index in [0.29, 0.717) is 11.6 Å². The second-order valence-electron chi connectivity index (χ2n) is 3.26. The summed E-state index contributed by atoms with van der Waals surface area (Å²) in [5.41, 5.74) is 5.53. The van der Waals surface area contributed by atoms with Crippen molar-refractivity contribution >= 4 is 17.2 Å². The van der Waals surface area contributed by atoms with Gasteiger partial charge in [0.05, 0.1) is 13.2 Å². The van der Waals surface area contributed by atoms with Gasteiger partial charge in [-0.15, -0.1) is 0 Å². The van der Waals surface area contributed by atoms with E-state index < -0.39 is 0 Å². The molecule has 2 N–H and O–H groups in total. The Hall–Kier alpha value is -0.230. The Labute approximate surface area is 90.3 Å². The number of hydrogen-bond acceptors (Lipinski definition) is 4. The molecule has 0 spiro atoms. The SMILES string of the molecule is CCOCCN1CCOC(C(N)=S)C1. The fourth-order valence-electron chi connectivity index (χ4n) is 1.42. The highest BCUT2D eigenvalue weighted by Gasteiger charge is 2.21. The molecule has 82 valence electrons. The summed E-state index contributed by atoms with van der Waals surface area (Å²) in [5, 5.41) is 0. The lowest BCUT2D eigenvalue weighted by molar-refractivity contribution is -0.00386. The highest BCUT2D eigenvalue weighted by molar-refractivity contribution is 7.80. The van der Waals surface area contributed by atoms with Crippen LogP contribution in [0.15, 0.2) is 0 Å². The second-order valence-corrected chi connectivity index (χ2v) is 3.73. The molecule has 1 aliphatic rings. The van der Waals surface area contributed by atoms with Crippen molar-refractivity contribution in [2.75, 3.05) is 39.5 Å². The van der Waals surface area contributed by atoms with Crippen molar-refractivity contribution < 1.29 is 9.47 Å². The van der Waals surface area contributed by atoms with Gasteiger partial charge in [-0.05, 0) is 6.92 Å². The Bertz CT molecular complexity index is 190. The van der Waals surface area contributed by atoms with Crippen LogP contribution in [0.1, 0.15) is 6.92 Å². The maximum Gasteiger partial charge on any atom is 0.120 e. The van der Waals surface area contributed by atoms with E-state index in [1.807, 2.05) is 6.92 Å². The second kappa shape index (κ2) is 6.29. The first-order valence-corrected chi connectivity index (χ1v) is 5.36. The minimum Gasteiger partial charge on any atom is -0.391 e. The predicted molar refractivity (Wildman–Crippen MR) is 59.5 cm³/mol. The van der Waals surface area contributed by atoms with Crippen LogP contribution in [0, 0.1) is 0 Å². The monoisotopic (exact) mass is 218 g/mol. The Morgan fingerprint density at radius 3 is 3.14 bits per heavy atom. The number of nitrogens with two attached hydrogens (primary N) is 1. The molecule has 5 heteroatoms. The fourth-order valence-corrected chi connectivity index (χ4v) is 1.56. The van der Waals surface area contributed by atoms with Crippen molar-refractivity contribution in [3.05, 3.63) is 0 Å². The van der Waals surface area contributed by atoms with Crippen LogP contribution in [0.5, 0.6) is 0 Å². The molecule has 1 heterocycles. The van der Waals surface area contributed by atoms with Crippen LogP contribution in [0.2, 0.25) is 0 Å². The molecule has 0 amide bonds. The maximum absolute atomic E-state index is 5.53. The van der Waals surface area contributed by atoms with Gasteiger partial charge in [0, 0.05) is 26.2 Å². The molecule has 0 aromatic carbocycles. The maximum atomic E-state index is 5.53. The van der Waals surface area contributed by atoms with Crippen molar-refractivity contribution in [1.29, 1.82) is 0 Å². The molecule has 0 aromatic rings. The van der Waals surface area contributed by atoms with Gasteiger partial charge < -0.3 is 15.2 Å². The number of hydrogen-bond donors (Lipinski definition) is 1. The van der Waals surface area contributed by atoms with Crippen LogP contribution in [-0.2, 0) is 9.47 Å². The highest BCUT2D eigenvalue weighted by Crippen LogP contribution is 2.04. The van der Waals surface area contributed by atoms with Crippen LogP contribution < -0.4 is 5.73 Å². The lowest BCUT2D eigenvalue weighted by atomic mass is 10.3. The third-order valence-electron chi connectivity index (χ3n) is 2.22. The Morgan fingerprint density at radius 1 is 1.71 bits per heavy atom. The molecule has 0 saturated carbocycles. The van der Waals surface area contributed by atoms with Crippen molar-refractivity contribution in [1.82, 2.24) is 4.90 Å². The van der Waals surface area contributed by atoms with Gasteiger partial charge in [-0.25, -0.2) is 0 Å². The lowest BCUT2D eigenvalue weighted by Crippen LogP contribution is -2.48. The number of nitrogens with zero attached hydrogens (tertiary/aromatic N) is 1. The molecule has 0 radical (unpaired) electrons. The van der Waals surface area contributed by atoms with Gasteiger partial charge in [0.15, 0.2) is 0 Å². The summed E-state index contributed by atoms with van der Waals surface area (Å²) >= 11 is 4.90. The topological polar surface area (TPSA) is 47.7 Å². The van der Waals surface area contributed by atoms with E-state index in [1.165, 1.54) is 0 Å². The van der Waals surface area contributed by atoms with Crippen molar-refractivity contribution in [2.24, 2.45) is 5.73 Å². The molecule has 4 nitrogen and oxygen atoms in total. The third-order valence-corrected chi connectivity index (χ3v) is 2.49. The van der Waals surface area contributed by atoms with Gasteiger partial charge in [0.1, 0.15) is 11.1 Å². The first-order chi connectivity index (χ1) is 6.74. The summed E-state index contributed by atoms with van der Waals surface area (Å²) in [7, 11) is 0. The summed E-state index contributed by atoms with van der Waals surface area (Å²) in [6.07, 6.45) is -0.0830. The molecule has 1 aliphatic heterocycles. The van der Waals surface area contributed by atoms with E-state index in [-0.39, 0.29) is 6.10 Å². The molecule has 14 heavy (non-hydrogen) atoms. The van der Waals surface area contributed by atoms with Crippen molar-refractivity contribution in [3.8, 4) is 0 Å². The minimum absolute atomic E-state index is 0.0830. The standard InChI is InChI=1S/C9H18N2O2S/c1-2-12-5-3-11-4-6-13-8(7-11)9(10)14/h8H,2-7H2,1H3,(H2,10,14). The molecular weight excluding hydrogens is 200 g/mol. The van der Waals surface area contributed by atoms with Crippen LogP contribution in [0.25, 0.3) is 0 Å². The van der Waals surface area contributed by atoms with Gasteiger partial charge in [0.25, 0.3) is 0 Å². The molecule has 1 fully saturated rings. The van der Waals surface area contributed by atoms with Crippen LogP contribution >= 0.6 is 12.2 Å². The number of rotatable bonds is 5. The predicted octanol–water partition coefficient (Wildman–Crippen LogP) is 0.00980. The van der Waals surface area contributed by atoms with E-state index in [0.717, 1.165) is 32.8 Å². The highest BCUT2D eigenvalue weighted by atomic mass is 32.1. The molecule has 0 bridgehead atoms. The molecular formula is C9H18N2O2S. The zero-order chi connectivity index (χ0) is 10.4. The molecule has 1 saturated heterocycles. The number of ether oxygens (including phenoxy) is 2. The Morgan fingerprint density at radius 2 is 2.50 bits per heavy atom. The smallest absolute Gasteiger partial charge is 0.120 e. The Kier molecular flexibility index (Phi) is 5.32. The summed E-state index contributed by atoms with van der Waals surface area (Å²) in [6, 6.07) is 0. The minimum atomic E-state index is -0.0830. The third kappa shape index (κ3) is 3.88. The summed E-state index contributed by atoms with van der Waals surface area (Å²) in [6.45, 7) is 6.89. The van der Waals surface area contributed by atoms with Gasteiger partial charge in [-0.3, -0.25) is 4.90 Å². The first kappa shape index (κ1) is 11.8. The zero-order valence-electron chi connectivity index (χ0n) is 8.57. The van der Waals surface area contributed by atoms with E-state index in [1.54, 1.807) is 0 Å². The lowest BCUT2D eigenvalue weighted by Gasteiger charge is -2.32. The summed E-state index contributed by atoms with van der Waals surface area (Å²) < 4.78 is 10.7. The quantitative estimate of drug-likeness (QED) is 0.520. The van der Waals surface area contributed by atoms with Gasteiger partial charge in [0.2, 0.25) is 0 Å². The molecule has 1 rings (SSSR count). The van der Waals surface area contributed by atoms with Crippen molar-refractivity contribution in [2.45, 2.75) is 13.0 Å².